The molecule has 0 unspecified atom stereocenters. The Balaban J connectivity index is 0.00000162. The number of hydrogen-bond acceptors (Lipinski definition) is 1. The van der Waals surface area contributed by atoms with E-state index in [0.717, 1.165) is 11.6 Å². The molecular weight excluding hydrogens is 288 g/mol. The van der Waals surface area contributed by atoms with Gasteiger partial charge >= 0.3 is 0 Å². The first-order chi connectivity index (χ1) is 8.16. The van der Waals surface area contributed by atoms with Crippen LogP contribution in [-0.2, 0) is 21.7 Å². The third-order valence-electron chi connectivity index (χ3n) is 2.15. The van der Waals surface area contributed by atoms with Crippen LogP contribution < -0.4 is 5.32 Å². The van der Waals surface area contributed by atoms with E-state index in [4.69, 9.17) is 12.2 Å². The van der Waals surface area contributed by atoms with Crippen molar-refractivity contribution < 1.29 is 30.5 Å². The minimum atomic E-state index is -0.789. The molecule has 0 saturated heterocycles. The maximum atomic E-state index is 13.3. The van der Waals surface area contributed by atoms with Crippen molar-refractivity contribution in [1.82, 2.24) is 0 Å². The molecule has 0 amide bonds. The first-order valence-corrected chi connectivity index (χ1v) is 5.31. The molecule has 0 heterocycles. The molecule has 0 fully saturated rings. The van der Waals surface area contributed by atoms with E-state index < -0.39 is 11.6 Å². The number of nitrogens with one attached hydrogen (secondary N) is 1. The van der Waals surface area contributed by atoms with Crippen LogP contribution >= 0.6 is 12.2 Å². The number of rotatable bonds is 2. The van der Waals surface area contributed by atoms with Crippen LogP contribution in [0.1, 0.15) is 5.56 Å². The zero-order valence-electron chi connectivity index (χ0n) is 9.21. The molecule has 90 valence electrons. The van der Waals surface area contributed by atoms with Crippen molar-refractivity contribution in [2.75, 3.05) is 5.32 Å². The molecule has 0 atom stereocenters. The van der Waals surface area contributed by atoms with Crippen molar-refractivity contribution in [3.05, 3.63) is 65.7 Å². The topological polar surface area (TPSA) is 12.0 Å². The Morgan fingerprint density at radius 1 is 1.06 bits per heavy atom. The largest absolute Gasteiger partial charge is 0.396 e. The monoisotopic (exact) mass is 296 g/mol. The van der Waals surface area contributed by atoms with Crippen LogP contribution in [0.5, 0.6) is 0 Å². The number of benzene rings is 2. The number of halogens is 2. The summed E-state index contributed by atoms with van der Waals surface area (Å²) >= 11 is 5.11. The fourth-order valence-electron chi connectivity index (χ4n) is 1.32. The quantitative estimate of drug-likeness (QED) is 0.517. The van der Waals surface area contributed by atoms with Gasteiger partial charge in [0.2, 0.25) is 0 Å². The van der Waals surface area contributed by atoms with Crippen LogP contribution in [0.4, 0.5) is 14.5 Å². The van der Waals surface area contributed by atoms with Crippen molar-refractivity contribution in [3.8, 4) is 0 Å². The first kappa shape index (κ1) is 15.0. The zero-order chi connectivity index (χ0) is 12.3. The predicted molar refractivity (Wildman–Crippen MR) is 67.0 cm³/mol. The van der Waals surface area contributed by atoms with E-state index in [1.165, 1.54) is 6.07 Å². The van der Waals surface area contributed by atoms with Gasteiger partial charge in [-0.15, -0.1) is 18.2 Å². The van der Waals surface area contributed by atoms with Gasteiger partial charge in [-0.1, -0.05) is 42.5 Å². The van der Waals surface area contributed by atoms with Gasteiger partial charge in [-0.3, -0.25) is 0 Å². The summed E-state index contributed by atoms with van der Waals surface area (Å²) in [7, 11) is 0. The third-order valence-corrected chi connectivity index (χ3v) is 2.48. The summed E-state index contributed by atoms with van der Waals surface area (Å²) in [4.78, 5) is 0.379. The van der Waals surface area contributed by atoms with Crippen molar-refractivity contribution >= 4 is 22.9 Å². The van der Waals surface area contributed by atoms with E-state index in [0.29, 0.717) is 4.99 Å². The summed E-state index contributed by atoms with van der Waals surface area (Å²) in [6, 6.07) is 13.5. The van der Waals surface area contributed by atoms with Crippen molar-refractivity contribution in [2.45, 2.75) is 0 Å². The van der Waals surface area contributed by atoms with Gasteiger partial charge in [-0.05, 0) is 5.69 Å². The van der Waals surface area contributed by atoms with E-state index in [9.17, 15) is 8.78 Å². The molecule has 0 spiro atoms. The second-order valence-electron chi connectivity index (χ2n) is 3.35. The smallest absolute Gasteiger partial charge is 0.0996 e. The fourth-order valence-corrected chi connectivity index (χ4v) is 1.57. The molecule has 0 aliphatic heterocycles. The molecule has 0 aliphatic rings. The molecule has 2 rings (SSSR count). The number of thiocarbonyl (C=S) groups is 1. The molecule has 1 N–H and O–H groups in total. The Morgan fingerprint density at radius 2 is 1.72 bits per heavy atom. The standard InChI is InChI=1S/C13H8F2NS.Ti/c14-10-6-7-12(11(15)8-10)16-13(17)9-4-2-1-3-5-9;/h1-7H,(H,16,17);/q-1;. The second-order valence-corrected chi connectivity index (χ2v) is 3.76. The van der Waals surface area contributed by atoms with Gasteiger partial charge in [0.15, 0.2) is 0 Å². The molecule has 0 aliphatic carbocycles. The molecule has 1 nitrogen and oxygen atoms in total. The van der Waals surface area contributed by atoms with Gasteiger partial charge in [-0.2, -0.15) is 0 Å². The summed E-state index contributed by atoms with van der Waals surface area (Å²) in [5, 5.41) is 2.71. The van der Waals surface area contributed by atoms with E-state index in [1.807, 2.05) is 24.3 Å². The van der Waals surface area contributed by atoms with Gasteiger partial charge in [-0.25, -0.2) is 8.78 Å². The molecule has 2 aromatic carbocycles. The third kappa shape index (κ3) is 3.70. The van der Waals surface area contributed by atoms with Gasteiger partial charge in [0.1, 0.15) is 0 Å². The van der Waals surface area contributed by atoms with E-state index in [1.54, 1.807) is 12.1 Å². The Hall–Kier alpha value is -1.10. The van der Waals surface area contributed by atoms with Crippen LogP contribution in [0.2, 0.25) is 0 Å². The minimum Gasteiger partial charge on any atom is -0.396 e. The van der Waals surface area contributed by atoms with Crippen LogP contribution in [0, 0.1) is 17.7 Å². The maximum Gasteiger partial charge on any atom is 0.0996 e. The summed E-state index contributed by atoms with van der Waals surface area (Å²) in [5.74, 6) is -1.53. The Morgan fingerprint density at radius 3 is 2.33 bits per heavy atom. The zero-order valence-corrected chi connectivity index (χ0v) is 11.6. The number of hydrogen-bond donors (Lipinski definition) is 1. The summed E-state index contributed by atoms with van der Waals surface area (Å²) in [6.07, 6.45) is 0. The average Bonchev–Trinajstić information content (AvgIpc) is 2.34. The predicted octanol–water partition coefficient (Wildman–Crippen LogP) is 3.55. The number of anilines is 1. The summed E-state index contributed by atoms with van der Waals surface area (Å²) in [5.41, 5.74) is 0.881. The Labute approximate surface area is 124 Å². The summed E-state index contributed by atoms with van der Waals surface area (Å²) in [6.45, 7) is 0. The van der Waals surface area contributed by atoms with Gasteiger partial charge in [0, 0.05) is 38.9 Å². The SMILES string of the molecule is Fc1[c-]c(F)c(NC(=S)c2ccccc2)cc1.[Ti]. The van der Waals surface area contributed by atoms with Crippen LogP contribution in [0.25, 0.3) is 0 Å². The normalized spacial score (nSPS) is 9.44. The van der Waals surface area contributed by atoms with Crippen LogP contribution in [0.3, 0.4) is 0 Å². The molecule has 2 aromatic rings. The summed E-state index contributed by atoms with van der Waals surface area (Å²) < 4.78 is 26.0. The molecule has 0 aromatic heterocycles. The maximum absolute atomic E-state index is 13.3. The second kappa shape index (κ2) is 6.73. The van der Waals surface area contributed by atoms with E-state index in [-0.39, 0.29) is 27.4 Å². The van der Waals surface area contributed by atoms with Crippen molar-refractivity contribution in [3.63, 3.8) is 0 Å². The van der Waals surface area contributed by atoms with Gasteiger partial charge in [0.25, 0.3) is 0 Å². The molecule has 0 bridgehead atoms. The minimum absolute atomic E-state index is 0. The van der Waals surface area contributed by atoms with Crippen molar-refractivity contribution in [2.24, 2.45) is 0 Å². The van der Waals surface area contributed by atoms with Crippen LogP contribution in [-0.4, -0.2) is 4.99 Å². The molecular formula is C13H8F2NSTi-. The van der Waals surface area contributed by atoms with E-state index >= 15 is 0 Å². The Bertz CT molecular complexity index is 546. The molecule has 5 heteroatoms. The molecule has 18 heavy (non-hydrogen) atoms. The molecule has 0 radical (unpaired) electrons. The fraction of sp³-hybridized carbons (Fsp3) is 0. The Kier molecular flexibility index (Phi) is 5.60. The average molecular weight is 296 g/mol. The first-order valence-electron chi connectivity index (χ1n) is 4.90. The molecule has 0 saturated carbocycles. The van der Waals surface area contributed by atoms with Gasteiger partial charge in [0.05, 0.1) is 4.99 Å². The van der Waals surface area contributed by atoms with Crippen LogP contribution in [0.15, 0.2) is 42.5 Å². The van der Waals surface area contributed by atoms with Gasteiger partial charge < -0.3 is 5.32 Å². The van der Waals surface area contributed by atoms with Crippen molar-refractivity contribution in [1.29, 1.82) is 0 Å². The van der Waals surface area contributed by atoms with E-state index in [2.05, 4.69) is 5.32 Å².